The fourth-order valence-electron chi connectivity index (χ4n) is 2.67. The highest BCUT2D eigenvalue weighted by molar-refractivity contribution is 6.16. The first-order chi connectivity index (χ1) is 12.1. The molecule has 0 bridgehead atoms. The number of Topliss-reactive ketones (excluding diaryl/α,β-unsaturated/α-hetero) is 2. The van der Waals surface area contributed by atoms with E-state index in [1.54, 1.807) is 45.2 Å². The van der Waals surface area contributed by atoms with Crippen molar-refractivity contribution in [2.24, 2.45) is 5.92 Å². The number of esters is 1. The number of fused-ring (bicyclic) bond motifs is 1. The van der Waals surface area contributed by atoms with Crippen LogP contribution in [0.2, 0.25) is 0 Å². The quantitative estimate of drug-likeness (QED) is 0.586. The molecule has 2 rings (SSSR count). The number of nitrogens with zero attached hydrogens (tertiary/aromatic N) is 1. The largest absolute Gasteiger partial charge is 0.459 e. The highest BCUT2D eigenvalue weighted by Crippen LogP contribution is 2.15. The van der Waals surface area contributed by atoms with E-state index in [-0.39, 0.29) is 18.5 Å². The Bertz CT molecular complexity index is 904. The number of hydrogen-bond acceptors (Lipinski definition) is 5. The Balaban J connectivity index is 2.16. The van der Waals surface area contributed by atoms with Crippen molar-refractivity contribution in [1.82, 2.24) is 4.57 Å². The summed E-state index contributed by atoms with van der Waals surface area (Å²) in [6.07, 6.45) is 1.50. The monoisotopic (exact) mass is 357 g/mol. The molecule has 0 fully saturated rings. The standard InChI is InChI=1S/C20H23NO5/c1-13(22)17(19(25)26-20(2,3)4)16(23)10-12-21-11-9-14-7-5-6-8-15(14)18(21)24/h5-9,11,17H,10,12H2,1-4H3. The molecule has 26 heavy (non-hydrogen) atoms. The van der Waals surface area contributed by atoms with Crippen molar-refractivity contribution in [1.29, 1.82) is 0 Å². The number of ether oxygens (including phenoxy) is 1. The Hall–Kier alpha value is -2.76. The van der Waals surface area contributed by atoms with Crippen LogP contribution in [0.1, 0.15) is 34.1 Å². The Labute approximate surface area is 151 Å². The summed E-state index contributed by atoms with van der Waals surface area (Å²) in [7, 11) is 0. The van der Waals surface area contributed by atoms with Gasteiger partial charge in [0.15, 0.2) is 17.5 Å². The molecule has 0 spiro atoms. The van der Waals surface area contributed by atoms with E-state index in [2.05, 4.69) is 0 Å². The molecule has 1 unspecified atom stereocenters. The topological polar surface area (TPSA) is 82.4 Å². The van der Waals surface area contributed by atoms with Crippen molar-refractivity contribution in [2.75, 3.05) is 0 Å². The van der Waals surface area contributed by atoms with Crippen LogP contribution >= 0.6 is 0 Å². The summed E-state index contributed by atoms with van der Waals surface area (Å²) in [5.41, 5.74) is -1.01. The van der Waals surface area contributed by atoms with E-state index in [4.69, 9.17) is 4.74 Å². The fourth-order valence-corrected chi connectivity index (χ4v) is 2.67. The Morgan fingerprint density at radius 2 is 1.77 bits per heavy atom. The van der Waals surface area contributed by atoms with E-state index < -0.39 is 29.1 Å². The molecular weight excluding hydrogens is 334 g/mol. The highest BCUT2D eigenvalue weighted by atomic mass is 16.6. The molecule has 0 aliphatic rings. The molecule has 0 saturated carbocycles. The van der Waals surface area contributed by atoms with E-state index in [9.17, 15) is 19.2 Å². The Kier molecular flexibility index (Phi) is 5.75. The van der Waals surface area contributed by atoms with Gasteiger partial charge in [0.05, 0.1) is 0 Å². The maximum absolute atomic E-state index is 12.5. The van der Waals surface area contributed by atoms with Gasteiger partial charge in [-0.1, -0.05) is 18.2 Å². The number of rotatable bonds is 6. The van der Waals surface area contributed by atoms with Crippen molar-refractivity contribution < 1.29 is 19.1 Å². The summed E-state index contributed by atoms with van der Waals surface area (Å²) < 4.78 is 6.58. The summed E-state index contributed by atoms with van der Waals surface area (Å²) in [4.78, 5) is 48.8. The van der Waals surface area contributed by atoms with E-state index >= 15 is 0 Å². The molecule has 0 aliphatic carbocycles. The first-order valence-corrected chi connectivity index (χ1v) is 8.44. The lowest BCUT2D eigenvalue weighted by atomic mass is 9.97. The first-order valence-electron chi connectivity index (χ1n) is 8.44. The zero-order valence-electron chi connectivity index (χ0n) is 15.4. The molecule has 0 N–H and O–H groups in total. The SMILES string of the molecule is CC(=O)C(C(=O)CCn1ccc2ccccc2c1=O)C(=O)OC(C)(C)C. The lowest BCUT2D eigenvalue weighted by molar-refractivity contribution is -0.163. The highest BCUT2D eigenvalue weighted by Gasteiger charge is 2.34. The van der Waals surface area contributed by atoms with Crippen LogP contribution in [-0.2, 0) is 25.7 Å². The lowest BCUT2D eigenvalue weighted by Gasteiger charge is -2.22. The van der Waals surface area contributed by atoms with Gasteiger partial charge in [-0.25, -0.2) is 0 Å². The minimum atomic E-state index is -1.45. The van der Waals surface area contributed by atoms with Gasteiger partial charge in [0.2, 0.25) is 0 Å². The lowest BCUT2D eigenvalue weighted by Crippen LogP contribution is -2.37. The second-order valence-electron chi connectivity index (χ2n) is 7.19. The van der Waals surface area contributed by atoms with Gasteiger partial charge in [-0.3, -0.25) is 19.2 Å². The van der Waals surface area contributed by atoms with Gasteiger partial charge in [-0.15, -0.1) is 0 Å². The average molecular weight is 357 g/mol. The molecule has 6 nitrogen and oxygen atoms in total. The molecule has 6 heteroatoms. The third-order valence-corrected chi connectivity index (χ3v) is 3.86. The maximum atomic E-state index is 12.5. The summed E-state index contributed by atoms with van der Waals surface area (Å²) in [5, 5.41) is 1.37. The predicted octanol–water partition coefficient (Wildman–Crippen LogP) is 2.51. The molecule has 0 saturated heterocycles. The number of carbonyl (C=O) groups excluding carboxylic acids is 3. The van der Waals surface area contributed by atoms with Crippen molar-refractivity contribution in [2.45, 2.75) is 46.3 Å². The van der Waals surface area contributed by atoms with Crippen LogP contribution in [0.4, 0.5) is 0 Å². The molecule has 1 heterocycles. The van der Waals surface area contributed by atoms with E-state index in [0.717, 1.165) is 5.39 Å². The molecule has 1 aromatic heterocycles. The zero-order chi connectivity index (χ0) is 19.5. The number of benzene rings is 1. The van der Waals surface area contributed by atoms with Crippen LogP contribution in [0.15, 0.2) is 41.3 Å². The summed E-state index contributed by atoms with van der Waals surface area (Å²) in [5.74, 6) is -3.41. The third kappa shape index (κ3) is 4.65. The predicted molar refractivity (Wildman–Crippen MR) is 97.8 cm³/mol. The van der Waals surface area contributed by atoms with Gasteiger partial charge in [0.1, 0.15) is 5.60 Å². The third-order valence-electron chi connectivity index (χ3n) is 3.86. The van der Waals surface area contributed by atoms with Gasteiger partial charge in [0, 0.05) is 24.5 Å². The van der Waals surface area contributed by atoms with Gasteiger partial charge in [-0.05, 0) is 45.2 Å². The van der Waals surface area contributed by atoms with Crippen LogP contribution in [0.5, 0.6) is 0 Å². The molecule has 0 amide bonds. The molecular formula is C20H23NO5. The number of aromatic nitrogens is 1. The van der Waals surface area contributed by atoms with E-state index in [0.29, 0.717) is 5.39 Å². The van der Waals surface area contributed by atoms with Gasteiger partial charge >= 0.3 is 5.97 Å². The van der Waals surface area contributed by atoms with Gasteiger partial charge in [-0.2, -0.15) is 0 Å². The molecule has 0 radical (unpaired) electrons. The molecule has 138 valence electrons. The van der Waals surface area contributed by atoms with Crippen LogP contribution in [0, 0.1) is 5.92 Å². The minimum absolute atomic E-state index is 0.0923. The van der Waals surface area contributed by atoms with Crippen molar-refractivity contribution in [3.63, 3.8) is 0 Å². The number of hydrogen-bond donors (Lipinski definition) is 0. The normalized spacial score (nSPS) is 12.6. The number of pyridine rings is 1. The summed E-state index contributed by atoms with van der Waals surface area (Å²) >= 11 is 0. The smallest absolute Gasteiger partial charge is 0.324 e. The number of ketones is 2. The Morgan fingerprint density at radius 1 is 1.12 bits per heavy atom. The number of carbonyl (C=O) groups is 3. The average Bonchev–Trinajstić information content (AvgIpc) is 2.52. The molecule has 1 aromatic carbocycles. The fraction of sp³-hybridized carbons (Fsp3) is 0.400. The van der Waals surface area contributed by atoms with Crippen LogP contribution in [-0.4, -0.2) is 27.7 Å². The number of aryl methyl sites for hydroxylation is 1. The minimum Gasteiger partial charge on any atom is -0.459 e. The van der Waals surface area contributed by atoms with Gasteiger partial charge in [0.25, 0.3) is 5.56 Å². The van der Waals surface area contributed by atoms with E-state index in [1.807, 2.05) is 12.1 Å². The zero-order valence-corrected chi connectivity index (χ0v) is 15.4. The summed E-state index contributed by atoms with van der Waals surface area (Å²) in [6.45, 7) is 6.29. The van der Waals surface area contributed by atoms with Crippen LogP contribution < -0.4 is 5.56 Å². The maximum Gasteiger partial charge on any atom is 0.324 e. The van der Waals surface area contributed by atoms with Crippen molar-refractivity contribution >= 4 is 28.3 Å². The van der Waals surface area contributed by atoms with E-state index in [1.165, 1.54) is 11.5 Å². The molecule has 1 atom stereocenters. The molecule has 0 aliphatic heterocycles. The van der Waals surface area contributed by atoms with Crippen molar-refractivity contribution in [3.05, 3.63) is 46.9 Å². The van der Waals surface area contributed by atoms with Crippen molar-refractivity contribution in [3.8, 4) is 0 Å². The van der Waals surface area contributed by atoms with Crippen LogP contribution in [0.25, 0.3) is 10.8 Å². The summed E-state index contributed by atoms with van der Waals surface area (Å²) in [6, 6.07) is 8.95. The van der Waals surface area contributed by atoms with Crippen LogP contribution in [0.3, 0.4) is 0 Å². The second-order valence-corrected chi connectivity index (χ2v) is 7.19. The van der Waals surface area contributed by atoms with Gasteiger partial charge < -0.3 is 9.30 Å². The molecule has 2 aromatic rings. The second kappa shape index (κ2) is 7.64. The Morgan fingerprint density at radius 3 is 2.38 bits per heavy atom. The first kappa shape index (κ1) is 19.6.